The van der Waals surface area contributed by atoms with Crippen LogP contribution in [0.5, 0.6) is 0 Å². The first-order valence-electron chi connectivity index (χ1n) is 8.39. The van der Waals surface area contributed by atoms with Crippen molar-refractivity contribution >= 4 is 28.6 Å². The molecule has 0 saturated carbocycles. The summed E-state index contributed by atoms with van der Waals surface area (Å²) in [6.07, 6.45) is -4.37. The van der Waals surface area contributed by atoms with Crippen molar-refractivity contribution < 1.29 is 27.1 Å². The van der Waals surface area contributed by atoms with E-state index >= 15 is 4.39 Å². The van der Waals surface area contributed by atoms with Crippen LogP contribution < -0.4 is 0 Å². The van der Waals surface area contributed by atoms with Gasteiger partial charge in [-0.15, -0.1) is 0 Å². The molecule has 0 bridgehead atoms. The van der Waals surface area contributed by atoms with Crippen LogP contribution in [0.2, 0.25) is 0 Å². The van der Waals surface area contributed by atoms with E-state index in [1.54, 1.807) is 13.8 Å². The van der Waals surface area contributed by atoms with Crippen molar-refractivity contribution in [3.05, 3.63) is 0 Å². The average Bonchev–Trinajstić information content (AvgIpc) is 2.83. The Labute approximate surface area is 161 Å². The predicted octanol–water partition coefficient (Wildman–Crippen LogP) is 6.46. The number of ether oxygens (including phenoxy) is 1. The molecule has 0 amide bonds. The molecule has 2 unspecified atom stereocenters. The van der Waals surface area contributed by atoms with E-state index in [0.717, 1.165) is 13.8 Å². The van der Waals surface area contributed by atoms with Crippen molar-refractivity contribution in [3.8, 4) is 0 Å². The zero-order valence-electron chi connectivity index (χ0n) is 16.2. The number of cyclic esters (lactones) is 1. The van der Waals surface area contributed by atoms with Gasteiger partial charge in [0.05, 0.1) is 0 Å². The summed E-state index contributed by atoms with van der Waals surface area (Å²) in [5.74, 6) is -0.316. The molecule has 7 heteroatoms. The highest BCUT2D eigenvalue weighted by atomic mass is 127. The molecule has 148 valence electrons. The van der Waals surface area contributed by atoms with Crippen LogP contribution in [0, 0.1) is 21.7 Å². The number of carbonyl (C=O) groups excluding carboxylic acids is 1. The molecule has 1 aliphatic heterocycles. The summed E-state index contributed by atoms with van der Waals surface area (Å²) in [5.41, 5.74) is -5.55. The summed E-state index contributed by atoms with van der Waals surface area (Å²) < 4.78 is 59.4. The number of halogens is 5. The Morgan fingerprint density at radius 2 is 1.32 bits per heavy atom. The number of hydrogen-bond donors (Lipinski definition) is 0. The van der Waals surface area contributed by atoms with Crippen molar-refractivity contribution in [3.63, 3.8) is 0 Å². The Morgan fingerprint density at radius 1 is 0.880 bits per heavy atom. The van der Waals surface area contributed by atoms with E-state index in [9.17, 15) is 18.0 Å². The van der Waals surface area contributed by atoms with E-state index in [4.69, 9.17) is 4.74 Å². The fourth-order valence-electron chi connectivity index (χ4n) is 3.59. The molecule has 1 heterocycles. The van der Waals surface area contributed by atoms with Gasteiger partial charge in [0, 0.05) is 17.3 Å². The molecule has 25 heavy (non-hydrogen) atoms. The van der Waals surface area contributed by atoms with Gasteiger partial charge < -0.3 is 4.74 Å². The van der Waals surface area contributed by atoms with Gasteiger partial charge in [-0.3, -0.25) is 4.79 Å². The lowest BCUT2D eigenvalue weighted by Gasteiger charge is -2.60. The topological polar surface area (TPSA) is 26.3 Å². The number of hydrogen-bond acceptors (Lipinski definition) is 2. The van der Waals surface area contributed by atoms with E-state index in [0.29, 0.717) is 6.42 Å². The summed E-state index contributed by atoms with van der Waals surface area (Å²) in [7, 11) is 0. The molecule has 1 saturated heterocycles. The van der Waals surface area contributed by atoms with Gasteiger partial charge in [-0.2, -0.15) is 13.2 Å². The monoisotopic (exact) mass is 480 g/mol. The third-order valence-electron chi connectivity index (χ3n) is 7.14. The van der Waals surface area contributed by atoms with Gasteiger partial charge in [0.2, 0.25) is 0 Å². The number of alkyl halides is 5. The second-order valence-electron chi connectivity index (χ2n) is 9.19. The lowest BCUT2D eigenvalue weighted by atomic mass is 9.49. The Balaban J connectivity index is 3.40. The number of rotatable bonds is 5. The highest BCUT2D eigenvalue weighted by Gasteiger charge is 2.71. The molecule has 0 aromatic carbocycles. The standard InChI is InChI=1S/C18H29F4IO2/c1-13(2,11-9-10-12(24)25-11)14(3,4)15(5,6)17(19,23)16(7,8)18(20,21)22/h11H,9-10H2,1-8H3. The van der Waals surface area contributed by atoms with Crippen molar-refractivity contribution in [2.75, 3.05) is 0 Å². The summed E-state index contributed by atoms with van der Waals surface area (Å²) in [6.45, 7) is 12.1. The van der Waals surface area contributed by atoms with E-state index in [-0.39, 0.29) is 12.4 Å². The molecule has 2 atom stereocenters. The zero-order chi connectivity index (χ0) is 20.3. The van der Waals surface area contributed by atoms with Crippen LogP contribution in [0.4, 0.5) is 17.6 Å². The maximum atomic E-state index is 15.9. The molecule has 2 nitrogen and oxygen atoms in total. The van der Waals surface area contributed by atoms with Gasteiger partial charge >= 0.3 is 12.1 Å². The van der Waals surface area contributed by atoms with Crippen LogP contribution in [0.3, 0.4) is 0 Å². The van der Waals surface area contributed by atoms with Gasteiger partial charge in [-0.25, -0.2) is 4.39 Å². The van der Waals surface area contributed by atoms with E-state index in [2.05, 4.69) is 0 Å². The van der Waals surface area contributed by atoms with Crippen molar-refractivity contribution in [2.24, 2.45) is 21.7 Å². The van der Waals surface area contributed by atoms with Crippen LogP contribution in [-0.2, 0) is 9.53 Å². The SMILES string of the molecule is CC(C)(C1CCC(=O)O1)C(C)(C)C(C)(C)C(F)(I)C(C)(C)C(F)(F)F. The molecule has 0 aliphatic carbocycles. The summed E-state index contributed by atoms with van der Waals surface area (Å²) in [6, 6.07) is 0. The first-order chi connectivity index (χ1) is 10.7. The number of carbonyl (C=O) groups is 1. The second-order valence-corrected chi connectivity index (χ2v) is 10.7. The van der Waals surface area contributed by atoms with E-state index in [1.165, 1.54) is 36.4 Å². The normalized spacial score (nSPS) is 23.4. The lowest BCUT2D eigenvalue weighted by Crippen LogP contribution is -2.63. The smallest absolute Gasteiger partial charge is 0.397 e. The molecular weight excluding hydrogens is 451 g/mol. The molecule has 1 fully saturated rings. The van der Waals surface area contributed by atoms with Crippen molar-refractivity contribution in [2.45, 2.75) is 84.2 Å². The Bertz CT molecular complexity index is 534. The van der Waals surface area contributed by atoms with E-state index < -0.39 is 37.6 Å². The van der Waals surface area contributed by atoms with Gasteiger partial charge in [0.25, 0.3) is 0 Å². The average molecular weight is 480 g/mol. The second kappa shape index (κ2) is 6.23. The fraction of sp³-hybridized carbons (Fsp3) is 0.944. The van der Waals surface area contributed by atoms with Crippen LogP contribution in [0.1, 0.15) is 68.2 Å². The van der Waals surface area contributed by atoms with Gasteiger partial charge in [0.1, 0.15) is 11.5 Å². The van der Waals surface area contributed by atoms with Gasteiger partial charge in [-0.05, 0) is 48.3 Å². The Morgan fingerprint density at radius 3 is 1.64 bits per heavy atom. The minimum absolute atomic E-state index is 0.281. The third-order valence-corrected chi connectivity index (χ3v) is 9.84. The van der Waals surface area contributed by atoms with Crippen LogP contribution in [0.15, 0.2) is 0 Å². The summed E-state index contributed by atoms with van der Waals surface area (Å²) in [5, 5.41) is 0. The molecule has 0 N–H and O–H groups in total. The molecular formula is C18H29F4IO2. The molecule has 1 rings (SSSR count). The van der Waals surface area contributed by atoms with Gasteiger partial charge in [0.15, 0.2) is 3.68 Å². The van der Waals surface area contributed by atoms with Crippen molar-refractivity contribution in [1.29, 1.82) is 0 Å². The Kier molecular flexibility index (Phi) is 5.72. The Hall–Kier alpha value is -0.0800. The van der Waals surface area contributed by atoms with Crippen LogP contribution in [0.25, 0.3) is 0 Å². The summed E-state index contributed by atoms with van der Waals surface area (Å²) in [4.78, 5) is 11.5. The molecule has 0 radical (unpaired) electrons. The zero-order valence-corrected chi connectivity index (χ0v) is 18.4. The third kappa shape index (κ3) is 3.20. The minimum atomic E-state index is -4.69. The van der Waals surface area contributed by atoms with E-state index in [1.807, 2.05) is 13.8 Å². The summed E-state index contributed by atoms with van der Waals surface area (Å²) >= 11 is 1.32. The predicted molar refractivity (Wildman–Crippen MR) is 98.2 cm³/mol. The first-order valence-corrected chi connectivity index (χ1v) is 9.47. The maximum Gasteiger partial charge on any atom is 0.397 e. The lowest BCUT2D eigenvalue weighted by molar-refractivity contribution is -0.263. The molecule has 1 aliphatic rings. The highest BCUT2D eigenvalue weighted by Crippen LogP contribution is 2.68. The van der Waals surface area contributed by atoms with Gasteiger partial charge in [-0.1, -0.05) is 41.5 Å². The minimum Gasteiger partial charge on any atom is -0.462 e. The first kappa shape index (κ1) is 23.0. The fourth-order valence-corrected chi connectivity index (χ4v) is 4.57. The molecule has 0 aromatic heterocycles. The quantitative estimate of drug-likeness (QED) is 0.195. The highest BCUT2D eigenvalue weighted by molar-refractivity contribution is 14.1. The van der Waals surface area contributed by atoms with Crippen LogP contribution >= 0.6 is 22.6 Å². The molecule has 0 spiro atoms. The number of esters is 1. The maximum absolute atomic E-state index is 15.9. The molecule has 0 aromatic rings. The van der Waals surface area contributed by atoms with Crippen LogP contribution in [-0.4, -0.2) is 21.9 Å². The largest absolute Gasteiger partial charge is 0.462 e. The van der Waals surface area contributed by atoms with Crippen molar-refractivity contribution in [1.82, 2.24) is 0 Å².